The Hall–Kier alpha value is -0.150. The lowest BCUT2D eigenvalue weighted by atomic mass is 9.73. The van der Waals surface area contributed by atoms with Gasteiger partial charge in [0.1, 0.15) is 5.67 Å². The first-order valence-electron chi connectivity index (χ1n) is 4.69. The Morgan fingerprint density at radius 2 is 1.83 bits per heavy atom. The van der Waals surface area contributed by atoms with Gasteiger partial charge in [-0.25, -0.2) is 4.39 Å². The second kappa shape index (κ2) is 2.67. The molecule has 2 aliphatic rings. The van der Waals surface area contributed by atoms with E-state index in [2.05, 4.69) is 17.3 Å². The fourth-order valence-corrected chi connectivity index (χ4v) is 2.48. The number of nitrogens with zero attached hydrogens (tertiary/aromatic N) is 1. The van der Waals surface area contributed by atoms with Gasteiger partial charge in [-0.05, 0) is 14.0 Å². The van der Waals surface area contributed by atoms with E-state index in [-0.39, 0.29) is 11.8 Å². The van der Waals surface area contributed by atoms with Crippen LogP contribution in [0.4, 0.5) is 4.39 Å². The van der Waals surface area contributed by atoms with Crippen LogP contribution in [0.2, 0.25) is 0 Å². The van der Waals surface area contributed by atoms with Crippen molar-refractivity contribution in [2.24, 2.45) is 11.8 Å². The molecule has 0 aromatic rings. The zero-order valence-corrected chi connectivity index (χ0v) is 7.81. The predicted octanol–water partition coefficient (Wildman–Crippen LogP) is 0.496. The lowest BCUT2D eigenvalue weighted by Crippen LogP contribution is -2.62. The SMILES string of the molecule is CN1CC2CNCC(C1)C2(C)F. The third-order valence-corrected chi connectivity index (χ3v) is 3.44. The van der Waals surface area contributed by atoms with Crippen molar-refractivity contribution in [2.45, 2.75) is 12.6 Å². The van der Waals surface area contributed by atoms with E-state index in [9.17, 15) is 4.39 Å². The van der Waals surface area contributed by atoms with E-state index in [1.165, 1.54) is 0 Å². The van der Waals surface area contributed by atoms with Crippen LogP contribution >= 0.6 is 0 Å². The summed E-state index contributed by atoms with van der Waals surface area (Å²) < 4.78 is 14.1. The van der Waals surface area contributed by atoms with Gasteiger partial charge in [-0.15, -0.1) is 0 Å². The van der Waals surface area contributed by atoms with E-state index in [1.807, 2.05) is 0 Å². The molecule has 2 saturated heterocycles. The molecule has 0 aromatic heterocycles. The van der Waals surface area contributed by atoms with Crippen molar-refractivity contribution >= 4 is 0 Å². The van der Waals surface area contributed by atoms with Crippen molar-refractivity contribution in [3.05, 3.63) is 0 Å². The zero-order chi connectivity index (χ0) is 8.77. The number of piperidine rings is 2. The van der Waals surface area contributed by atoms with E-state index in [4.69, 9.17) is 0 Å². The average molecular weight is 172 g/mol. The van der Waals surface area contributed by atoms with Gasteiger partial charge >= 0.3 is 0 Å². The first kappa shape index (κ1) is 8.45. The first-order valence-corrected chi connectivity index (χ1v) is 4.69. The van der Waals surface area contributed by atoms with Crippen LogP contribution in [0.15, 0.2) is 0 Å². The van der Waals surface area contributed by atoms with Crippen LogP contribution in [0.5, 0.6) is 0 Å². The van der Waals surface area contributed by atoms with Gasteiger partial charge in [-0.1, -0.05) is 0 Å². The number of halogens is 1. The lowest BCUT2D eigenvalue weighted by molar-refractivity contribution is -0.0539. The quantitative estimate of drug-likeness (QED) is 0.572. The van der Waals surface area contributed by atoms with Gasteiger partial charge in [0, 0.05) is 38.0 Å². The van der Waals surface area contributed by atoms with Crippen LogP contribution in [0, 0.1) is 11.8 Å². The zero-order valence-electron chi connectivity index (χ0n) is 7.81. The maximum atomic E-state index is 14.1. The van der Waals surface area contributed by atoms with E-state index >= 15 is 0 Å². The topological polar surface area (TPSA) is 15.3 Å². The standard InChI is InChI=1S/C9H17FN2/c1-9(10)7-3-11-4-8(9)6-12(2)5-7/h7-8,11H,3-6H2,1-2H3. The molecule has 2 unspecified atom stereocenters. The Labute approximate surface area is 73.1 Å². The fourth-order valence-electron chi connectivity index (χ4n) is 2.48. The van der Waals surface area contributed by atoms with Gasteiger partial charge in [-0.3, -0.25) is 0 Å². The fraction of sp³-hybridized carbons (Fsp3) is 1.00. The second-order valence-corrected chi connectivity index (χ2v) is 4.42. The molecule has 2 bridgehead atoms. The van der Waals surface area contributed by atoms with Crippen LogP contribution in [0.25, 0.3) is 0 Å². The Morgan fingerprint density at radius 3 is 2.33 bits per heavy atom. The number of nitrogens with one attached hydrogen (secondary N) is 1. The Balaban J connectivity index is 2.18. The molecule has 2 atom stereocenters. The minimum atomic E-state index is -0.933. The number of fused-ring (bicyclic) bond motifs is 2. The third-order valence-electron chi connectivity index (χ3n) is 3.44. The monoisotopic (exact) mass is 172 g/mol. The Bertz CT molecular complexity index is 165. The number of hydrogen-bond acceptors (Lipinski definition) is 2. The maximum absolute atomic E-state index is 14.1. The van der Waals surface area contributed by atoms with Crippen LogP contribution < -0.4 is 5.32 Å². The van der Waals surface area contributed by atoms with Crippen molar-refractivity contribution in [1.82, 2.24) is 10.2 Å². The molecule has 70 valence electrons. The summed E-state index contributed by atoms with van der Waals surface area (Å²) in [6.45, 7) is 5.25. The third kappa shape index (κ3) is 1.15. The molecule has 2 rings (SSSR count). The van der Waals surface area contributed by atoms with Gasteiger partial charge in [0.05, 0.1) is 0 Å². The molecule has 2 fully saturated rings. The molecule has 0 spiro atoms. The van der Waals surface area contributed by atoms with Crippen molar-refractivity contribution < 1.29 is 4.39 Å². The summed E-state index contributed by atoms with van der Waals surface area (Å²) in [7, 11) is 2.08. The van der Waals surface area contributed by atoms with E-state index < -0.39 is 5.67 Å². The summed E-state index contributed by atoms with van der Waals surface area (Å²) in [5.74, 6) is 0.380. The molecule has 3 heteroatoms. The molecule has 0 radical (unpaired) electrons. The summed E-state index contributed by atoms with van der Waals surface area (Å²) in [6, 6.07) is 0. The van der Waals surface area contributed by atoms with E-state index in [1.54, 1.807) is 6.92 Å². The number of rotatable bonds is 0. The largest absolute Gasteiger partial charge is 0.316 e. The highest BCUT2D eigenvalue weighted by Crippen LogP contribution is 2.37. The number of likely N-dealkylation sites (tertiary alicyclic amines) is 1. The summed E-state index contributed by atoms with van der Waals surface area (Å²) in [5.41, 5.74) is -0.933. The molecular weight excluding hydrogens is 155 g/mol. The molecule has 2 heterocycles. The lowest BCUT2D eigenvalue weighted by Gasteiger charge is -2.49. The smallest absolute Gasteiger partial charge is 0.118 e. The molecule has 12 heavy (non-hydrogen) atoms. The predicted molar refractivity (Wildman–Crippen MR) is 46.9 cm³/mol. The highest BCUT2D eigenvalue weighted by Gasteiger charge is 2.48. The van der Waals surface area contributed by atoms with Crippen LogP contribution in [-0.4, -0.2) is 43.8 Å². The van der Waals surface area contributed by atoms with Gasteiger partial charge in [-0.2, -0.15) is 0 Å². The molecule has 0 amide bonds. The van der Waals surface area contributed by atoms with Crippen LogP contribution in [0.1, 0.15) is 6.92 Å². The Kier molecular flexibility index (Phi) is 1.88. The second-order valence-electron chi connectivity index (χ2n) is 4.42. The first-order chi connectivity index (χ1) is 5.60. The normalized spacial score (nSPS) is 49.2. The minimum Gasteiger partial charge on any atom is -0.316 e. The summed E-state index contributed by atoms with van der Waals surface area (Å²) in [4.78, 5) is 2.25. The van der Waals surface area contributed by atoms with Crippen molar-refractivity contribution in [1.29, 1.82) is 0 Å². The molecular formula is C9H17FN2. The highest BCUT2D eigenvalue weighted by molar-refractivity contribution is 5.00. The molecule has 0 saturated carbocycles. The van der Waals surface area contributed by atoms with Crippen molar-refractivity contribution in [2.75, 3.05) is 33.2 Å². The van der Waals surface area contributed by atoms with Crippen LogP contribution in [0.3, 0.4) is 0 Å². The Morgan fingerprint density at radius 1 is 1.33 bits per heavy atom. The molecule has 0 aromatic carbocycles. The highest BCUT2D eigenvalue weighted by atomic mass is 19.1. The molecule has 0 aliphatic carbocycles. The maximum Gasteiger partial charge on any atom is 0.118 e. The number of hydrogen-bond donors (Lipinski definition) is 1. The number of alkyl halides is 1. The van der Waals surface area contributed by atoms with Gasteiger partial charge in [0.2, 0.25) is 0 Å². The van der Waals surface area contributed by atoms with E-state index in [0.29, 0.717) is 0 Å². The minimum absolute atomic E-state index is 0.190. The molecule has 2 aliphatic heterocycles. The van der Waals surface area contributed by atoms with Crippen molar-refractivity contribution in [3.8, 4) is 0 Å². The van der Waals surface area contributed by atoms with Crippen molar-refractivity contribution in [3.63, 3.8) is 0 Å². The van der Waals surface area contributed by atoms with Gasteiger partial charge in [0.15, 0.2) is 0 Å². The van der Waals surface area contributed by atoms with Gasteiger partial charge < -0.3 is 10.2 Å². The van der Waals surface area contributed by atoms with Crippen LogP contribution in [-0.2, 0) is 0 Å². The van der Waals surface area contributed by atoms with Gasteiger partial charge in [0.25, 0.3) is 0 Å². The van der Waals surface area contributed by atoms with E-state index in [0.717, 1.165) is 26.2 Å². The summed E-state index contributed by atoms with van der Waals surface area (Å²) in [5, 5.41) is 3.30. The summed E-state index contributed by atoms with van der Waals surface area (Å²) in [6.07, 6.45) is 0. The molecule has 1 N–H and O–H groups in total. The average Bonchev–Trinajstić information content (AvgIpc) is 1.92. The summed E-state index contributed by atoms with van der Waals surface area (Å²) >= 11 is 0. The molecule has 2 nitrogen and oxygen atoms in total.